The van der Waals surface area contributed by atoms with Gasteiger partial charge in [-0.1, -0.05) is 0 Å². The van der Waals surface area contributed by atoms with E-state index in [2.05, 4.69) is 4.74 Å². The highest BCUT2D eigenvalue weighted by atomic mass is 19.3. The minimum absolute atomic E-state index is 0.0166. The maximum Gasteiger partial charge on any atom is 0.377 e. The number of fused-ring (bicyclic) bond motifs is 1. The summed E-state index contributed by atoms with van der Waals surface area (Å²) in [5.74, 6) is -7.47. The molecule has 0 aromatic heterocycles. The molecule has 2 N–H and O–H groups in total. The second kappa shape index (κ2) is 2.87. The fourth-order valence-corrected chi connectivity index (χ4v) is 2.29. The van der Waals surface area contributed by atoms with Crippen molar-refractivity contribution in [3.8, 4) is 0 Å². The van der Waals surface area contributed by atoms with E-state index in [0.717, 1.165) is 0 Å². The van der Waals surface area contributed by atoms with Gasteiger partial charge in [0, 0.05) is 18.9 Å². The van der Waals surface area contributed by atoms with E-state index >= 15 is 0 Å². The fourth-order valence-electron chi connectivity index (χ4n) is 2.29. The molecule has 1 heterocycles. The van der Waals surface area contributed by atoms with Gasteiger partial charge >= 0.3 is 11.9 Å². The third-order valence-corrected chi connectivity index (χ3v) is 2.99. The highest BCUT2D eigenvalue weighted by Gasteiger charge is 2.66. The lowest BCUT2D eigenvalue weighted by Crippen LogP contribution is -2.38. The van der Waals surface area contributed by atoms with Gasteiger partial charge in [0.2, 0.25) is 0 Å². The molecule has 0 aromatic carbocycles. The largest absolute Gasteiger partial charge is 0.457 e. The lowest BCUT2D eigenvalue weighted by molar-refractivity contribution is -0.164. The number of esters is 1. The van der Waals surface area contributed by atoms with Crippen molar-refractivity contribution in [2.45, 2.75) is 24.6 Å². The lowest BCUT2D eigenvalue weighted by Gasteiger charge is -2.20. The molecule has 1 saturated carbocycles. The Morgan fingerprint density at radius 3 is 2.79 bits per heavy atom. The van der Waals surface area contributed by atoms with Crippen molar-refractivity contribution < 1.29 is 28.5 Å². The number of hydrogen-bond donors (Lipinski definition) is 2. The van der Waals surface area contributed by atoms with Crippen molar-refractivity contribution in [3.63, 3.8) is 0 Å². The quantitative estimate of drug-likeness (QED) is 0.572. The second-order valence-electron chi connectivity index (χ2n) is 3.74. The Hall–Kier alpha value is -0.750. The van der Waals surface area contributed by atoms with Crippen LogP contribution < -0.4 is 0 Å². The molecule has 1 aliphatic carbocycles. The summed E-state index contributed by atoms with van der Waals surface area (Å²) in [5.41, 5.74) is 0. The zero-order valence-electron chi connectivity index (χ0n) is 7.19. The molecule has 0 unspecified atom stereocenters. The molecule has 1 aliphatic heterocycles. The molecule has 0 amide bonds. The van der Waals surface area contributed by atoms with Gasteiger partial charge < -0.3 is 14.9 Å². The summed E-state index contributed by atoms with van der Waals surface area (Å²) >= 11 is 0. The van der Waals surface area contributed by atoms with Crippen molar-refractivity contribution in [1.29, 1.82) is 0 Å². The zero-order valence-corrected chi connectivity index (χ0v) is 7.19. The van der Waals surface area contributed by atoms with Gasteiger partial charge in [-0.2, -0.15) is 8.78 Å². The third-order valence-electron chi connectivity index (χ3n) is 2.99. The van der Waals surface area contributed by atoms with E-state index in [1.54, 1.807) is 0 Å². The summed E-state index contributed by atoms with van der Waals surface area (Å²) in [6.07, 6.45) is -1.99. The van der Waals surface area contributed by atoms with Crippen LogP contribution in [0.3, 0.4) is 0 Å². The summed E-state index contributed by atoms with van der Waals surface area (Å²) in [5, 5.41) is 18.2. The molecule has 1 saturated heterocycles. The van der Waals surface area contributed by atoms with E-state index in [1.807, 2.05) is 0 Å². The van der Waals surface area contributed by atoms with Crippen molar-refractivity contribution >= 4 is 5.97 Å². The minimum atomic E-state index is -3.57. The van der Waals surface area contributed by atoms with Gasteiger partial charge in [-0.15, -0.1) is 0 Å². The third kappa shape index (κ3) is 1.07. The number of carbonyl (C=O) groups excluding carboxylic acids is 1. The second-order valence-corrected chi connectivity index (χ2v) is 3.74. The maximum absolute atomic E-state index is 13.2. The standard InChI is InChI=1S/C8H10F2O4/c9-8(10)6-3(2-11)4(12)1-5(6)14-7(8)13/h3-6,11-12H,1-2H2/t3-,4+,5-,6+/m0/s1. The Balaban J connectivity index is 2.29. The van der Waals surface area contributed by atoms with Crippen LogP contribution in [0, 0.1) is 11.8 Å². The van der Waals surface area contributed by atoms with E-state index in [-0.39, 0.29) is 6.42 Å². The number of aliphatic hydroxyl groups is 2. The van der Waals surface area contributed by atoms with Crippen LogP contribution in [0.1, 0.15) is 6.42 Å². The van der Waals surface area contributed by atoms with Gasteiger partial charge in [-0.05, 0) is 0 Å². The highest BCUT2D eigenvalue weighted by Crippen LogP contribution is 2.49. The topological polar surface area (TPSA) is 66.8 Å². The van der Waals surface area contributed by atoms with Crippen LogP contribution in [0.4, 0.5) is 8.78 Å². The van der Waals surface area contributed by atoms with Gasteiger partial charge in [0.15, 0.2) is 0 Å². The molecule has 2 aliphatic rings. The molecule has 4 atom stereocenters. The number of alkyl halides is 2. The van der Waals surface area contributed by atoms with Crippen molar-refractivity contribution in [2.24, 2.45) is 11.8 Å². The number of carbonyl (C=O) groups is 1. The first kappa shape index (κ1) is 9.79. The molecule has 4 nitrogen and oxygen atoms in total. The maximum atomic E-state index is 13.2. The Bertz CT molecular complexity index is 268. The molecule has 6 heteroatoms. The highest BCUT2D eigenvalue weighted by molar-refractivity contribution is 5.80. The summed E-state index contributed by atoms with van der Waals surface area (Å²) < 4.78 is 30.9. The molecular formula is C8H10F2O4. The monoisotopic (exact) mass is 208 g/mol. The van der Waals surface area contributed by atoms with E-state index in [1.165, 1.54) is 0 Å². The zero-order chi connectivity index (χ0) is 10.5. The summed E-state index contributed by atoms with van der Waals surface area (Å²) in [4.78, 5) is 10.7. The van der Waals surface area contributed by atoms with E-state index in [9.17, 15) is 18.7 Å². The Labute approximate surface area is 78.5 Å². The number of hydrogen-bond acceptors (Lipinski definition) is 4. The first-order valence-corrected chi connectivity index (χ1v) is 4.36. The first-order chi connectivity index (χ1) is 6.48. The fraction of sp³-hybridized carbons (Fsp3) is 0.875. The van der Waals surface area contributed by atoms with Crippen molar-refractivity contribution in [1.82, 2.24) is 0 Å². The average molecular weight is 208 g/mol. The predicted molar refractivity (Wildman–Crippen MR) is 39.5 cm³/mol. The predicted octanol–water partition coefficient (Wildman–Crippen LogP) is -0.464. The molecule has 2 fully saturated rings. The Kier molecular flexibility index (Phi) is 2.01. The van der Waals surface area contributed by atoms with Gasteiger partial charge in [-0.25, -0.2) is 4.79 Å². The molecule has 80 valence electrons. The lowest BCUT2D eigenvalue weighted by atomic mass is 9.90. The molecule has 14 heavy (non-hydrogen) atoms. The van der Waals surface area contributed by atoms with E-state index in [4.69, 9.17) is 5.11 Å². The number of halogens is 2. The Morgan fingerprint density at radius 1 is 1.57 bits per heavy atom. The Morgan fingerprint density at radius 2 is 2.21 bits per heavy atom. The van der Waals surface area contributed by atoms with Crippen LogP contribution in [-0.2, 0) is 9.53 Å². The summed E-state index contributed by atoms with van der Waals surface area (Å²) in [7, 11) is 0. The molecule has 0 spiro atoms. The van der Waals surface area contributed by atoms with Gasteiger partial charge in [0.25, 0.3) is 0 Å². The van der Waals surface area contributed by atoms with Crippen LogP contribution in [0.15, 0.2) is 0 Å². The first-order valence-electron chi connectivity index (χ1n) is 4.36. The smallest absolute Gasteiger partial charge is 0.377 e. The number of aliphatic hydroxyl groups excluding tert-OH is 2. The van der Waals surface area contributed by atoms with E-state index in [0.29, 0.717) is 0 Å². The molecule has 0 aromatic rings. The molecule has 0 bridgehead atoms. The van der Waals surface area contributed by atoms with Crippen LogP contribution in [0.5, 0.6) is 0 Å². The van der Waals surface area contributed by atoms with Crippen LogP contribution in [0.2, 0.25) is 0 Å². The van der Waals surface area contributed by atoms with Crippen LogP contribution >= 0.6 is 0 Å². The summed E-state index contributed by atoms with van der Waals surface area (Å²) in [6.45, 7) is -0.561. The van der Waals surface area contributed by atoms with Crippen molar-refractivity contribution in [3.05, 3.63) is 0 Å². The van der Waals surface area contributed by atoms with Crippen molar-refractivity contribution in [2.75, 3.05) is 6.61 Å². The minimum Gasteiger partial charge on any atom is -0.457 e. The van der Waals surface area contributed by atoms with Gasteiger partial charge in [0.1, 0.15) is 6.10 Å². The molecule has 2 rings (SSSR count). The molecular weight excluding hydrogens is 198 g/mol. The molecule has 0 radical (unpaired) electrons. The van der Waals surface area contributed by atoms with Crippen LogP contribution in [0.25, 0.3) is 0 Å². The normalized spacial score (nSPS) is 45.0. The number of ether oxygens (including phenoxy) is 1. The van der Waals surface area contributed by atoms with Gasteiger partial charge in [0.05, 0.1) is 12.0 Å². The van der Waals surface area contributed by atoms with Crippen LogP contribution in [-0.4, -0.2) is 40.9 Å². The van der Waals surface area contributed by atoms with Gasteiger partial charge in [-0.3, -0.25) is 0 Å². The van der Waals surface area contributed by atoms with E-state index < -0.39 is 42.5 Å². The number of rotatable bonds is 1. The summed E-state index contributed by atoms with van der Waals surface area (Å²) in [6, 6.07) is 0. The average Bonchev–Trinajstić information content (AvgIpc) is 2.50. The SMILES string of the molecule is O=C1O[C@H]2C[C@@H](O)[C@H](CO)[C@H]2C1(F)F.